The maximum absolute atomic E-state index is 15.1. The lowest BCUT2D eigenvalue weighted by Gasteiger charge is -2.40. The number of hydrogen-bond donors (Lipinski definition) is 2. The van der Waals surface area contributed by atoms with Crippen LogP contribution in [-0.2, 0) is 30.4 Å². The van der Waals surface area contributed by atoms with Gasteiger partial charge in [0.25, 0.3) is 0 Å². The molecule has 4 rings (SSSR count). The summed E-state index contributed by atoms with van der Waals surface area (Å²) in [5.74, 6) is -1.53. The fourth-order valence-corrected chi connectivity index (χ4v) is 4.10. The van der Waals surface area contributed by atoms with Crippen LogP contribution in [0.25, 0.3) is 11.1 Å². The van der Waals surface area contributed by atoms with Gasteiger partial charge in [-0.25, -0.2) is 14.4 Å². The number of halogens is 1. The molecule has 2 aliphatic heterocycles. The van der Waals surface area contributed by atoms with Gasteiger partial charge < -0.3 is 29.7 Å². The molecule has 3 N–H and O–H groups in total. The first kappa shape index (κ1) is 28.4. The molecule has 11 nitrogen and oxygen atoms in total. The van der Waals surface area contributed by atoms with Gasteiger partial charge in [-0.3, -0.25) is 10.2 Å². The Morgan fingerprint density at radius 2 is 1.85 bits per heavy atom. The van der Waals surface area contributed by atoms with Gasteiger partial charge in [0.15, 0.2) is 5.79 Å². The molecule has 0 unspecified atom stereocenters. The highest BCUT2D eigenvalue weighted by Gasteiger charge is 2.37. The Balaban J connectivity index is 1.29. The minimum absolute atomic E-state index is 0.208. The highest BCUT2D eigenvalue weighted by Crippen LogP contribution is 2.30. The second kappa shape index (κ2) is 12.0. The molecule has 1 aromatic carbocycles. The van der Waals surface area contributed by atoms with Crippen molar-refractivity contribution in [3.8, 4) is 11.1 Å². The van der Waals surface area contributed by atoms with Crippen molar-refractivity contribution in [2.75, 3.05) is 37.8 Å². The van der Waals surface area contributed by atoms with Gasteiger partial charge in [0.2, 0.25) is 5.95 Å². The molecule has 1 aromatic heterocycles. The number of ether oxygens (including phenoxy) is 3. The summed E-state index contributed by atoms with van der Waals surface area (Å²) in [7, 11) is 0. The van der Waals surface area contributed by atoms with Gasteiger partial charge in [0, 0.05) is 55.0 Å². The van der Waals surface area contributed by atoms with E-state index in [1.54, 1.807) is 24.5 Å². The van der Waals surface area contributed by atoms with Crippen LogP contribution in [0.2, 0.25) is 0 Å². The number of carbonyl (C=O) groups is 1. The number of hydrogen-bond acceptors (Lipinski definition) is 10. The molecule has 0 amide bonds. The number of carbonyl (C=O) groups excluding carboxylic acids is 1. The summed E-state index contributed by atoms with van der Waals surface area (Å²) < 4.78 is 31.6. The van der Waals surface area contributed by atoms with Gasteiger partial charge in [-0.2, -0.15) is 0 Å². The second-order valence-electron chi connectivity index (χ2n) is 10.6. The molecule has 0 radical (unpaired) electrons. The summed E-state index contributed by atoms with van der Waals surface area (Å²) >= 11 is 0. The molecule has 2 fully saturated rings. The van der Waals surface area contributed by atoms with Crippen LogP contribution in [0.1, 0.15) is 45.6 Å². The summed E-state index contributed by atoms with van der Waals surface area (Å²) in [5.41, 5.74) is 6.95. The first-order valence-corrected chi connectivity index (χ1v) is 12.8. The summed E-state index contributed by atoms with van der Waals surface area (Å²) in [6, 6.07) is 4.82. The van der Waals surface area contributed by atoms with Gasteiger partial charge in [-0.05, 0) is 13.8 Å². The zero-order valence-electron chi connectivity index (χ0n) is 22.5. The Kier molecular flexibility index (Phi) is 8.76. The normalized spacial score (nSPS) is 18.4. The first-order valence-electron chi connectivity index (χ1n) is 12.8. The molecule has 0 saturated carbocycles. The van der Waals surface area contributed by atoms with Crippen molar-refractivity contribution in [2.45, 2.75) is 52.4 Å². The number of nitrogens with one attached hydrogen (secondary N) is 1. The average Bonchev–Trinajstić information content (AvgIpc) is 2.90. The lowest BCUT2D eigenvalue weighted by Crippen LogP contribution is -2.47. The number of piperidine rings is 1. The van der Waals surface area contributed by atoms with Crippen molar-refractivity contribution >= 4 is 23.5 Å². The Labute approximate surface area is 227 Å². The van der Waals surface area contributed by atoms with E-state index >= 15 is 4.39 Å². The van der Waals surface area contributed by atoms with Crippen LogP contribution in [0, 0.1) is 16.6 Å². The third-order valence-corrected chi connectivity index (χ3v) is 6.52. The molecule has 0 bridgehead atoms. The highest BCUT2D eigenvalue weighted by molar-refractivity contribution is 5.94. The lowest BCUT2D eigenvalue weighted by atomic mass is 9.93. The van der Waals surface area contributed by atoms with Gasteiger partial charge in [-0.15, -0.1) is 0 Å². The number of aromatic nitrogens is 2. The van der Waals surface area contributed by atoms with E-state index in [0.29, 0.717) is 50.0 Å². The van der Waals surface area contributed by atoms with Crippen LogP contribution >= 0.6 is 0 Å². The number of benzene rings is 1. The van der Waals surface area contributed by atoms with Gasteiger partial charge >= 0.3 is 5.97 Å². The van der Waals surface area contributed by atoms with E-state index < -0.39 is 17.6 Å². The third kappa shape index (κ3) is 7.70. The van der Waals surface area contributed by atoms with E-state index in [2.05, 4.69) is 26.9 Å². The number of nitrogens with zero attached hydrogens (tertiary/aromatic N) is 4. The molecule has 0 spiro atoms. The van der Waals surface area contributed by atoms with Crippen molar-refractivity contribution in [3.63, 3.8) is 0 Å². The number of nitrogens with two attached hydrogens (primary N) is 1. The molecular formula is C27H35FN6O5. The summed E-state index contributed by atoms with van der Waals surface area (Å²) in [6.07, 6.45) is 4.27. The number of oxime groups is 1. The minimum Gasteiger partial charge on any atom is -0.460 e. The van der Waals surface area contributed by atoms with Crippen LogP contribution in [0.4, 0.5) is 10.3 Å². The predicted octanol–water partition coefficient (Wildman–Crippen LogP) is 3.41. The molecule has 2 saturated heterocycles. The zero-order valence-corrected chi connectivity index (χ0v) is 22.5. The molecule has 3 heterocycles. The smallest absolute Gasteiger partial charge is 0.313 e. The largest absolute Gasteiger partial charge is 0.460 e. The van der Waals surface area contributed by atoms with E-state index in [4.69, 9.17) is 30.2 Å². The van der Waals surface area contributed by atoms with Crippen LogP contribution < -0.4 is 10.6 Å². The van der Waals surface area contributed by atoms with E-state index in [9.17, 15) is 4.79 Å². The van der Waals surface area contributed by atoms with Crippen molar-refractivity contribution in [2.24, 2.45) is 16.3 Å². The lowest BCUT2D eigenvalue weighted by molar-refractivity contribution is -0.288. The summed E-state index contributed by atoms with van der Waals surface area (Å²) in [5, 5.41) is 11.5. The highest BCUT2D eigenvalue weighted by atomic mass is 19.1. The van der Waals surface area contributed by atoms with Crippen molar-refractivity contribution < 1.29 is 28.2 Å². The number of anilines is 1. The summed E-state index contributed by atoms with van der Waals surface area (Å²) in [4.78, 5) is 28.3. The molecule has 0 aliphatic carbocycles. The summed E-state index contributed by atoms with van der Waals surface area (Å²) in [6.45, 7) is 8.49. The Morgan fingerprint density at radius 1 is 1.18 bits per heavy atom. The van der Waals surface area contributed by atoms with Crippen LogP contribution in [0.15, 0.2) is 35.7 Å². The maximum atomic E-state index is 15.1. The number of esters is 1. The number of rotatable bonds is 9. The molecule has 2 aliphatic rings. The minimum atomic E-state index is -0.687. The quantitative estimate of drug-likeness (QED) is 0.211. The molecular weight excluding hydrogens is 507 g/mol. The molecule has 39 heavy (non-hydrogen) atoms. The maximum Gasteiger partial charge on any atom is 0.313 e. The average molecular weight is 543 g/mol. The predicted molar refractivity (Wildman–Crippen MR) is 143 cm³/mol. The second-order valence-corrected chi connectivity index (χ2v) is 10.6. The third-order valence-electron chi connectivity index (χ3n) is 6.52. The standard InChI is InChI=1S/C27H35FN6O5/c1-26(2)37-15-27(3,16-38-26)17-39-33-20-7-9-34(10-8-20)25-31-12-19(13-32-25)21-6-4-5-18(24(21)28)14-36-23(35)11-22(29)30/h4-6,12-13H,7-11,14-17H2,1-3H3,(H3,29,30). The SMILES string of the molecule is CC1(CON=C2CCN(c3ncc(-c4cccc(COC(=O)CC(=N)N)c4F)cn3)CC2)COC(C)(C)OC1. The Bertz CT molecular complexity index is 1200. The zero-order chi connectivity index (χ0) is 28.0. The van der Waals surface area contributed by atoms with E-state index in [1.165, 1.54) is 6.07 Å². The van der Waals surface area contributed by atoms with Crippen LogP contribution in [0.5, 0.6) is 0 Å². The van der Waals surface area contributed by atoms with E-state index in [-0.39, 0.29) is 29.8 Å². The van der Waals surface area contributed by atoms with Crippen molar-refractivity contribution in [3.05, 3.63) is 42.0 Å². The first-order chi connectivity index (χ1) is 18.5. The van der Waals surface area contributed by atoms with Gasteiger partial charge in [0.1, 0.15) is 31.3 Å². The molecule has 2 aromatic rings. The molecule has 12 heteroatoms. The van der Waals surface area contributed by atoms with Gasteiger partial charge in [0.05, 0.1) is 24.3 Å². The number of amidine groups is 1. The Hall–Kier alpha value is -3.64. The Morgan fingerprint density at radius 3 is 2.49 bits per heavy atom. The topological polar surface area (TPSA) is 145 Å². The molecule has 0 atom stereocenters. The van der Waals surface area contributed by atoms with E-state index in [0.717, 1.165) is 18.6 Å². The fourth-order valence-electron chi connectivity index (χ4n) is 4.10. The van der Waals surface area contributed by atoms with E-state index in [1.807, 2.05) is 13.8 Å². The van der Waals surface area contributed by atoms with Gasteiger partial charge in [-0.1, -0.05) is 30.3 Å². The van der Waals surface area contributed by atoms with Crippen molar-refractivity contribution in [1.29, 1.82) is 5.41 Å². The van der Waals surface area contributed by atoms with Crippen LogP contribution in [0.3, 0.4) is 0 Å². The van der Waals surface area contributed by atoms with Crippen molar-refractivity contribution in [1.82, 2.24) is 9.97 Å². The fraction of sp³-hybridized carbons (Fsp3) is 0.519. The molecule has 210 valence electrons. The monoisotopic (exact) mass is 542 g/mol. The van der Waals surface area contributed by atoms with Crippen LogP contribution in [-0.4, -0.2) is 66.2 Å².